The van der Waals surface area contributed by atoms with Crippen LogP contribution in [0.3, 0.4) is 0 Å². The summed E-state index contributed by atoms with van der Waals surface area (Å²) in [5, 5.41) is 8.82. The lowest BCUT2D eigenvalue weighted by Gasteiger charge is -2.31. The number of aromatic nitrogens is 5. The summed E-state index contributed by atoms with van der Waals surface area (Å²) in [6.07, 6.45) is 1.42. The van der Waals surface area contributed by atoms with E-state index < -0.39 is 0 Å². The fourth-order valence-corrected chi connectivity index (χ4v) is 4.67. The van der Waals surface area contributed by atoms with Crippen LogP contribution in [-0.4, -0.2) is 48.9 Å². The third-order valence-corrected chi connectivity index (χ3v) is 6.69. The van der Waals surface area contributed by atoms with Gasteiger partial charge in [0.1, 0.15) is 5.82 Å². The zero-order valence-corrected chi connectivity index (χ0v) is 19.8. The van der Waals surface area contributed by atoms with E-state index in [-0.39, 0.29) is 22.9 Å². The third-order valence-electron chi connectivity index (χ3n) is 6.46. The van der Waals surface area contributed by atoms with Gasteiger partial charge in [0.25, 0.3) is 11.5 Å². The Kier molecular flexibility index (Phi) is 5.91. The first-order chi connectivity index (χ1) is 16.4. The van der Waals surface area contributed by atoms with Gasteiger partial charge in [0, 0.05) is 29.6 Å². The summed E-state index contributed by atoms with van der Waals surface area (Å²) in [5.41, 5.74) is 4.44. The number of aryl methyl sites for hydroxylation is 2. The lowest BCUT2D eigenvalue weighted by molar-refractivity contribution is 0.0711. The number of hydrogen-bond acceptors (Lipinski definition) is 5. The van der Waals surface area contributed by atoms with E-state index in [1.807, 2.05) is 11.8 Å². The number of likely N-dealkylation sites (tertiary alicyclic amines) is 1. The van der Waals surface area contributed by atoms with Gasteiger partial charge in [-0.15, -0.1) is 5.10 Å². The zero-order valence-electron chi connectivity index (χ0n) is 19.1. The smallest absolute Gasteiger partial charge is 0.281 e. The van der Waals surface area contributed by atoms with Crippen molar-refractivity contribution in [1.29, 1.82) is 0 Å². The average molecular weight is 477 g/mol. The highest BCUT2D eigenvalue weighted by Crippen LogP contribution is 2.27. The Bertz CT molecular complexity index is 1440. The number of fused-ring (bicyclic) bond motifs is 1. The van der Waals surface area contributed by atoms with Crippen LogP contribution in [0.4, 0.5) is 0 Å². The molecule has 5 rings (SSSR count). The second-order valence-corrected chi connectivity index (χ2v) is 9.31. The maximum Gasteiger partial charge on any atom is 0.281 e. The molecule has 0 aliphatic carbocycles. The number of piperidine rings is 1. The van der Waals surface area contributed by atoms with Crippen LogP contribution in [0.15, 0.2) is 47.3 Å². The molecule has 0 saturated carbocycles. The van der Waals surface area contributed by atoms with Gasteiger partial charge in [-0.3, -0.25) is 9.59 Å². The van der Waals surface area contributed by atoms with Gasteiger partial charge in [-0.25, -0.2) is 9.67 Å². The molecule has 1 amide bonds. The van der Waals surface area contributed by atoms with Crippen molar-refractivity contribution in [3.63, 3.8) is 0 Å². The number of nitrogens with one attached hydrogen (secondary N) is 1. The highest BCUT2D eigenvalue weighted by Gasteiger charge is 2.27. The molecule has 0 atom stereocenters. The Hall–Kier alpha value is -3.52. The van der Waals surface area contributed by atoms with E-state index in [4.69, 9.17) is 16.6 Å². The fourth-order valence-electron chi connectivity index (χ4n) is 4.48. The predicted molar refractivity (Wildman–Crippen MR) is 130 cm³/mol. The van der Waals surface area contributed by atoms with Gasteiger partial charge in [-0.05, 0) is 56.0 Å². The van der Waals surface area contributed by atoms with Crippen LogP contribution >= 0.6 is 11.6 Å². The van der Waals surface area contributed by atoms with Crippen LogP contribution in [0.5, 0.6) is 0 Å². The van der Waals surface area contributed by atoms with Crippen LogP contribution < -0.4 is 5.56 Å². The number of amides is 1. The molecular formula is C25H25ClN6O2. The number of hydrogen-bond donors (Lipinski definition) is 1. The first-order valence-electron chi connectivity index (χ1n) is 11.3. The van der Waals surface area contributed by atoms with E-state index in [0.717, 1.165) is 16.7 Å². The minimum Gasteiger partial charge on any atom is -0.339 e. The summed E-state index contributed by atoms with van der Waals surface area (Å²) in [7, 11) is 0. The normalized spacial score (nSPS) is 14.6. The Balaban J connectivity index is 1.36. The molecule has 1 saturated heterocycles. The molecule has 4 aromatic rings. The molecule has 0 unspecified atom stereocenters. The summed E-state index contributed by atoms with van der Waals surface area (Å²) in [6, 6.07) is 13.3. The number of H-pyrrole nitrogens is 1. The minimum atomic E-state index is -0.287. The second kappa shape index (κ2) is 9.02. The predicted octanol–water partition coefficient (Wildman–Crippen LogP) is 3.85. The van der Waals surface area contributed by atoms with Crippen molar-refractivity contribution in [2.45, 2.75) is 39.2 Å². The molecule has 2 aromatic heterocycles. The molecule has 0 radical (unpaired) electrons. The summed E-state index contributed by atoms with van der Waals surface area (Å²) in [4.78, 5) is 35.1. The standard InChI is InChI=1S/C25H25ClN6O2/c1-15-6-7-16(2)19(12-15)14-32-23-21(29-30-32)24(33)28-22(27-23)17-8-10-31(11-9-17)25(34)18-4-3-5-20(26)13-18/h3-7,12-13,17H,8-11,14H2,1-2H3,(H,27,28,33). The third kappa shape index (κ3) is 4.33. The molecule has 3 heterocycles. The summed E-state index contributed by atoms with van der Waals surface area (Å²) < 4.78 is 1.69. The van der Waals surface area contributed by atoms with Gasteiger partial charge in [-0.1, -0.05) is 46.6 Å². The number of rotatable bonds is 4. The van der Waals surface area contributed by atoms with Crippen molar-refractivity contribution in [3.05, 3.63) is 85.9 Å². The van der Waals surface area contributed by atoms with Crippen molar-refractivity contribution in [2.75, 3.05) is 13.1 Å². The molecule has 1 aliphatic rings. The highest BCUT2D eigenvalue weighted by molar-refractivity contribution is 6.30. The quantitative estimate of drug-likeness (QED) is 0.482. The molecule has 8 nitrogen and oxygen atoms in total. The molecule has 1 aliphatic heterocycles. The Morgan fingerprint density at radius 2 is 1.94 bits per heavy atom. The fraction of sp³-hybridized carbons (Fsp3) is 0.320. The summed E-state index contributed by atoms with van der Waals surface area (Å²) in [6.45, 7) is 5.76. The number of aromatic amines is 1. The van der Waals surface area contributed by atoms with Gasteiger partial charge in [0.15, 0.2) is 11.2 Å². The van der Waals surface area contributed by atoms with Crippen LogP contribution in [0.2, 0.25) is 5.02 Å². The topological polar surface area (TPSA) is 96.8 Å². The van der Waals surface area contributed by atoms with Gasteiger partial charge in [0.05, 0.1) is 6.54 Å². The lowest BCUT2D eigenvalue weighted by atomic mass is 9.95. The summed E-state index contributed by atoms with van der Waals surface area (Å²) in [5.74, 6) is 0.634. The first-order valence-corrected chi connectivity index (χ1v) is 11.7. The molecule has 9 heteroatoms. The summed E-state index contributed by atoms with van der Waals surface area (Å²) >= 11 is 6.04. The zero-order chi connectivity index (χ0) is 23.8. The molecule has 2 aromatic carbocycles. The van der Waals surface area contributed by atoms with E-state index in [1.54, 1.807) is 28.9 Å². The van der Waals surface area contributed by atoms with Crippen molar-refractivity contribution in [1.82, 2.24) is 29.9 Å². The highest BCUT2D eigenvalue weighted by atomic mass is 35.5. The van der Waals surface area contributed by atoms with Gasteiger partial charge in [0.2, 0.25) is 0 Å². The molecule has 34 heavy (non-hydrogen) atoms. The molecule has 174 valence electrons. The number of carbonyl (C=O) groups excluding carboxylic acids is 1. The monoisotopic (exact) mass is 476 g/mol. The van der Waals surface area contributed by atoms with Crippen LogP contribution in [-0.2, 0) is 6.54 Å². The van der Waals surface area contributed by atoms with Crippen LogP contribution in [0, 0.1) is 13.8 Å². The Labute approximate surface area is 201 Å². The van der Waals surface area contributed by atoms with Crippen molar-refractivity contribution >= 4 is 28.7 Å². The second-order valence-electron chi connectivity index (χ2n) is 8.88. The van der Waals surface area contributed by atoms with Crippen molar-refractivity contribution < 1.29 is 4.79 Å². The number of nitrogens with zero attached hydrogens (tertiary/aromatic N) is 5. The largest absolute Gasteiger partial charge is 0.339 e. The first kappa shape index (κ1) is 22.3. The SMILES string of the molecule is Cc1ccc(C)c(Cn2nnc3c(=O)[nH]c(C4CCN(C(=O)c5cccc(Cl)c5)CC4)nc32)c1. The average Bonchev–Trinajstić information content (AvgIpc) is 3.24. The minimum absolute atomic E-state index is 0.0337. The molecule has 1 fully saturated rings. The van der Waals surface area contributed by atoms with Gasteiger partial charge >= 0.3 is 0 Å². The van der Waals surface area contributed by atoms with Gasteiger partial charge in [-0.2, -0.15) is 0 Å². The van der Waals surface area contributed by atoms with Crippen molar-refractivity contribution in [3.8, 4) is 0 Å². The lowest BCUT2D eigenvalue weighted by Crippen LogP contribution is -2.38. The molecular weight excluding hydrogens is 452 g/mol. The molecule has 0 spiro atoms. The van der Waals surface area contributed by atoms with Crippen molar-refractivity contribution in [2.24, 2.45) is 0 Å². The van der Waals surface area contributed by atoms with E-state index >= 15 is 0 Å². The van der Waals surface area contributed by atoms with Gasteiger partial charge < -0.3 is 9.88 Å². The maximum absolute atomic E-state index is 12.8. The van der Waals surface area contributed by atoms with Crippen LogP contribution in [0.25, 0.3) is 11.2 Å². The molecule has 1 N–H and O–H groups in total. The number of benzene rings is 2. The van der Waals surface area contributed by atoms with E-state index in [2.05, 4.69) is 40.4 Å². The number of halogens is 1. The maximum atomic E-state index is 12.8. The van der Waals surface area contributed by atoms with E-state index in [0.29, 0.717) is 54.5 Å². The Morgan fingerprint density at radius 3 is 2.71 bits per heavy atom. The molecule has 0 bridgehead atoms. The number of carbonyl (C=O) groups is 1. The van der Waals surface area contributed by atoms with E-state index in [9.17, 15) is 9.59 Å². The van der Waals surface area contributed by atoms with E-state index in [1.165, 1.54) is 0 Å². The van der Waals surface area contributed by atoms with Crippen LogP contribution in [0.1, 0.15) is 51.6 Å². The Morgan fingerprint density at radius 1 is 1.15 bits per heavy atom.